The van der Waals surface area contributed by atoms with Gasteiger partial charge in [-0.2, -0.15) is 15.3 Å². The molecule has 0 saturated heterocycles. The van der Waals surface area contributed by atoms with Crippen molar-refractivity contribution >= 4 is 65.5 Å². The predicted octanol–water partition coefficient (Wildman–Crippen LogP) is 11.5. The van der Waals surface area contributed by atoms with Gasteiger partial charge in [-0.25, -0.2) is 32.6 Å². The molecule has 0 spiro atoms. The zero-order valence-corrected chi connectivity index (χ0v) is 40.6. The molecule has 7 rings (SSSR count). The Bertz CT molecular complexity index is 2330. The van der Waals surface area contributed by atoms with Crippen molar-refractivity contribution in [1.82, 2.24) is 15.0 Å². The van der Waals surface area contributed by atoms with Gasteiger partial charge in [0.05, 0.1) is 35.6 Å². The van der Waals surface area contributed by atoms with Crippen LogP contribution < -0.4 is 0 Å². The summed E-state index contributed by atoms with van der Waals surface area (Å²) in [4.78, 5) is 51.2. The van der Waals surface area contributed by atoms with E-state index >= 15 is 0 Å². The minimum atomic E-state index is -1.24. The average Bonchev–Trinajstić information content (AvgIpc) is 4.12. The fourth-order valence-electron chi connectivity index (χ4n) is 9.10. The molecule has 362 valence electrons. The van der Waals surface area contributed by atoms with Crippen LogP contribution in [-0.4, -0.2) is 75.7 Å². The number of carbonyl (C=O) groups excluding carboxylic acids is 4. The van der Waals surface area contributed by atoms with Crippen LogP contribution in [0.2, 0.25) is 0 Å². The minimum absolute atomic E-state index is 0.0372. The van der Waals surface area contributed by atoms with Crippen molar-refractivity contribution in [1.29, 1.82) is 0 Å². The van der Waals surface area contributed by atoms with Gasteiger partial charge in [-0.15, -0.1) is 23.2 Å². The molecule has 1 fully saturated rings. The van der Waals surface area contributed by atoms with Gasteiger partial charge in [0.2, 0.25) is 5.91 Å². The molecule has 3 aliphatic heterocycles. The molecule has 4 unspecified atom stereocenters. The second-order valence-electron chi connectivity index (χ2n) is 18.4. The van der Waals surface area contributed by atoms with Crippen molar-refractivity contribution in [3.8, 4) is 0 Å². The number of ether oxygens (including phenoxy) is 1. The predicted molar refractivity (Wildman–Crippen MR) is 252 cm³/mol. The van der Waals surface area contributed by atoms with Gasteiger partial charge in [0.1, 0.15) is 17.0 Å². The van der Waals surface area contributed by atoms with Crippen molar-refractivity contribution in [3.63, 3.8) is 0 Å². The van der Waals surface area contributed by atoms with Crippen molar-refractivity contribution in [2.45, 2.75) is 118 Å². The number of nitrogens with zero attached hydrogens (tertiary/aromatic N) is 6. The molecule has 3 aromatic carbocycles. The molecule has 11 nitrogen and oxygen atoms in total. The summed E-state index contributed by atoms with van der Waals surface area (Å²) >= 11 is 12.0. The summed E-state index contributed by atoms with van der Waals surface area (Å²) in [6, 6.07) is 15.0. The summed E-state index contributed by atoms with van der Waals surface area (Å²) in [5, 5.41) is 16.7. The van der Waals surface area contributed by atoms with Crippen LogP contribution in [0.4, 0.5) is 17.6 Å². The van der Waals surface area contributed by atoms with E-state index in [0.29, 0.717) is 50.0 Å². The molecule has 3 amide bonds. The summed E-state index contributed by atoms with van der Waals surface area (Å²) in [5.74, 6) is -3.11. The van der Waals surface area contributed by atoms with Crippen LogP contribution in [0.3, 0.4) is 0 Å². The summed E-state index contributed by atoms with van der Waals surface area (Å²) in [5.41, 5.74) is -0.273. The maximum atomic E-state index is 13.5. The fourth-order valence-corrected chi connectivity index (χ4v) is 9.71. The molecule has 1 aliphatic carbocycles. The Balaban J connectivity index is 0.000000189. The van der Waals surface area contributed by atoms with Crippen molar-refractivity contribution in [2.75, 3.05) is 18.4 Å². The molecule has 4 aliphatic rings. The first-order chi connectivity index (χ1) is 31.8. The van der Waals surface area contributed by atoms with E-state index in [1.54, 1.807) is 64.5 Å². The van der Waals surface area contributed by atoms with Crippen molar-refractivity contribution in [2.24, 2.45) is 37.0 Å². The number of halogens is 6. The topological polar surface area (TPSA) is 124 Å². The van der Waals surface area contributed by atoms with Crippen molar-refractivity contribution < 1.29 is 41.5 Å². The van der Waals surface area contributed by atoms with Gasteiger partial charge in [-0.1, -0.05) is 65.0 Å². The number of hydrogen-bond acceptors (Lipinski definition) is 8. The first kappa shape index (κ1) is 52.8. The Kier molecular flexibility index (Phi) is 17.6. The van der Waals surface area contributed by atoms with E-state index in [2.05, 4.69) is 29.2 Å². The lowest BCUT2D eigenvalue weighted by molar-refractivity contribution is -0.167. The molecule has 4 atom stereocenters. The Morgan fingerprint density at radius 3 is 1.69 bits per heavy atom. The lowest BCUT2D eigenvalue weighted by Gasteiger charge is -2.52. The molecular formula is C50H60Cl2F4N6O5. The Labute approximate surface area is 400 Å². The number of amides is 3. The highest BCUT2D eigenvalue weighted by molar-refractivity contribution is 6.20. The number of benzene rings is 3. The third-order valence-electron chi connectivity index (χ3n) is 13.1. The molecule has 67 heavy (non-hydrogen) atoms. The summed E-state index contributed by atoms with van der Waals surface area (Å²) in [6.45, 7) is 13.5. The zero-order valence-electron chi connectivity index (χ0n) is 39.1. The SMILES string of the molecule is CC1(C)CC(CCl)(C(=O)N2N=CCC2c2cccc(F)c2)C1.CCC(C)(CCl)C(=O)N1N=CCC1c1ccc(F)c(F)c1.CCOC(=O)C(CC)(CC)C(=O)N1N=CCC1c1ccc(F)cc1. The third-order valence-corrected chi connectivity index (χ3v) is 14.2. The Morgan fingerprint density at radius 1 is 0.672 bits per heavy atom. The first-order valence-corrected chi connectivity index (χ1v) is 23.7. The zero-order chi connectivity index (χ0) is 49.3. The van der Waals surface area contributed by atoms with E-state index in [1.165, 1.54) is 45.4 Å². The highest BCUT2D eigenvalue weighted by Crippen LogP contribution is 2.56. The fraction of sp³-hybridized carbons (Fsp3) is 0.500. The van der Waals surface area contributed by atoms with Crippen LogP contribution in [0.1, 0.15) is 135 Å². The van der Waals surface area contributed by atoms with Gasteiger partial charge < -0.3 is 4.74 Å². The van der Waals surface area contributed by atoms with E-state index in [9.17, 15) is 36.7 Å². The molecular weight excluding hydrogens is 911 g/mol. The van der Waals surface area contributed by atoms with E-state index in [-0.39, 0.29) is 59.3 Å². The molecule has 0 bridgehead atoms. The quantitative estimate of drug-likeness (QED) is 0.0730. The molecule has 3 heterocycles. The molecule has 0 radical (unpaired) electrons. The summed E-state index contributed by atoms with van der Waals surface area (Å²) in [6.07, 6.45) is 9.37. The third kappa shape index (κ3) is 11.4. The Hall–Kier alpha value is -5.15. The maximum Gasteiger partial charge on any atom is 0.321 e. The van der Waals surface area contributed by atoms with Gasteiger partial charge in [0.25, 0.3) is 11.8 Å². The number of hydrogen-bond donors (Lipinski definition) is 0. The van der Waals surface area contributed by atoms with E-state index in [1.807, 2.05) is 13.0 Å². The van der Waals surface area contributed by atoms with Crippen LogP contribution in [0.15, 0.2) is 82.0 Å². The Morgan fingerprint density at radius 2 is 1.19 bits per heavy atom. The van der Waals surface area contributed by atoms with Crippen molar-refractivity contribution in [3.05, 3.63) is 107 Å². The summed E-state index contributed by atoms with van der Waals surface area (Å²) in [7, 11) is 0. The number of alkyl halides is 2. The standard InChI is InChI=1S/C18H23FN2O3.C17H20ClFN2O.C15H17ClF2N2O/c1-4-18(5-2,17(23)24-6-3)16(22)21-15(11-12-20-21)13-7-9-14(19)10-8-13;1-16(2)9-17(10-16,11-18)15(22)21-14(6-7-20-21)12-4-3-5-13(19)8-12;1-3-15(2,9-16)14(21)20-13(6-7-19-20)10-4-5-11(17)12(18)8-10/h7-10,12,15H,4-6,11H2,1-3H3;3-5,7-8,14H,6,9-11H2,1-2H3;4-5,7-8,13H,3,6,9H2,1-2H3. The highest BCUT2D eigenvalue weighted by Gasteiger charge is 2.56. The summed E-state index contributed by atoms with van der Waals surface area (Å²) < 4.78 is 58.2. The van der Waals surface area contributed by atoms with Crippen LogP contribution in [0.25, 0.3) is 0 Å². The largest absolute Gasteiger partial charge is 0.465 e. The normalized spacial score (nSPS) is 20.9. The second kappa shape index (κ2) is 22.3. The average molecular weight is 972 g/mol. The van der Waals surface area contributed by atoms with Crippen LogP contribution in [0.5, 0.6) is 0 Å². The van der Waals surface area contributed by atoms with Gasteiger partial charge in [0.15, 0.2) is 11.6 Å². The van der Waals surface area contributed by atoms with E-state index in [4.69, 9.17) is 27.9 Å². The highest BCUT2D eigenvalue weighted by atomic mass is 35.5. The molecule has 0 N–H and O–H groups in total. The molecule has 1 saturated carbocycles. The van der Waals surface area contributed by atoms with E-state index < -0.39 is 39.9 Å². The number of hydrazone groups is 3. The minimum Gasteiger partial charge on any atom is -0.465 e. The first-order valence-electron chi connectivity index (χ1n) is 22.6. The molecule has 0 aromatic heterocycles. The van der Waals surface area contributed by atoms with Crippen LogP contribution in [0, 0.1) is 44.9 Å². The second-order valence-corrected chi connectivity index (χ2v) is 18.9. The van der Waals surface area contributed by atoms with Crippen LogP contribution in [-0.2, 0) is 23.9 Å². The number of carbonyl (C=O) groups is 4. The van der Waals surface area contributed by atoms with E-state index in [0.717, 1.165) is 36.1 Å². The molecule has 3 aromatic rings. The lowest BCUT2D eigenvalue weighted by Crippen LogP contribution is -2.54. The monoisotopic (exact) mass is 970 g/mol. The smallest absolute Gasteiger partial charge is 0.321 e. The number of rotatable bonds is 13. The van der Waals surface area contributed by atoms with Gasteiger partial charge >= 0.3 is 5.97 Å². The lowest BCUT2D eigenvalue weighted by atomic mass is 9.54. The maximum absolute atomic E-state index is 13.5. The van der Waals surface area contributed by atoms with Gasteiger partial charge in [-0.05, 0) is 104 Å². The van der Waals surface area contributed by atoms with Crippen LogP contribution >= 0.6 is 23.2 Å². The number of esters is 1. The molecule has 17 heteroatoms. The van der Waals surface area contributed by atoms with Gasteiger partial charge in [-0.3, -0.25) is 19.2 Å². The van der Waals surface area contributed by atoms with Gasteiger partial charge in [0, 0.05) is 49.7 Å².